The molecule has 0 saturated carbocycles. The first-order valence-corrected chi connectivity index (χ1v) is 11.0. The van der Waals surface area contributed by atoms with E-state index in [0.717, 1.165) is 35.8 Å². The van der Waals surface area contributed by atoms with E-state index in [0.29, 0.717) is 11.5 Å². The zero-order chi connectivity index (χ0) is 21.9. The zero-order valence-electron chi connectivity index (χ0n) is 19.1. The number of esters is 1. The molecular weight excluding hydrogens is 372 g/mol. The van der Waals surface area contributed by atoms with Gasteiger partial charge in [-0.1, -0.05) is 76.5 Å². The average Bonchev–Trinajstić information content (AvgIpc) is 2.72. The molecule has 2 rings (SSSR count). The summed E-state index contributed by atoms with van der Waals surface area (Å²) in [5, 5.41) is 0. The highest BCUT2D eigenvalue weighted by atomic mass is 16.5. The van der Waals surface area contributed by atoms with Crippen molar-refractivity contribution in [3.63, 3.8) is 0 Å². The van der Waals surface area contributed by atoms with Gasteiger partial charge >= 0.3 is 5.97 Å². The van der Waals surface area contributed by atoms with Crippen LogP contribution in [0.3, 0.4) is 0 Å². The number of hydrogen-bond acceptors (Lipinski definition) is 3. The molecule has 2 aromatic rings. The van der Waals surface area contributed by atoms with Gasteiger partial charge in [0.15, 0.2) is 0 Å². The molecule has 0 aliphatic carbocycles. The molecule has 0 fully saturated rings. The second-order valence-electron chi connectivity index (χ2n) is 8.56. The topological polar surface area (TPSA) is 35.5 Å². The number of hydrogen-bond donors (Lipinski definition) is 0. The fraction of sp³-hybridized carbons (Fsp3) is 0.444. The average molecular weight is 409 g/mol. The van der Waals surface area contributed by atoms with Crippen LogP contribution in [0, 0.1) is 18.8 Å². The molecule has 3 nitrogen and oxygen atoms in total. The van der Waals surface area contributed by atoms with Crippen LogP contribution in [-0.2, 0) is 4.74 Å². The van der Waals surface area contributed by atoms with Gasteiger partial charge in [0, 0.05) is 5.56 Å². The van der Waals surface area contributed by atoms with Crippen LogP contribution in [0.15, 0.2) is 42.5 Å². The lowest BCUT2D eigenvalue weighted by Crippen LogP contribution is -2.05. The molecule has 0 heterocycles. The van der Waals surface area contributed by atoms with Crippen LogP contribution in [0.25, 0.3) is 12.2 Å². The van der Waals surface area contributed by atoms with Gasteiger partial charge in [-0.3, -0.25) is 0 Å². The highest BCUT2D eigenvalue weighted by Crippen LogP contribution is 2.24. The molecule has 0 aromatic heterocycles. The molecule has 1 atom stereocenters. The SMILES string of the molecule is COC(=O)c1ccc(/C=C/c2ccc(C)cc2OCCC(C)CCCC(C)C)cc1. The maximum atomic E-state index is 11.6. The monoisotopic (exact) mass is 408 g/mol. The van der Waals surface area contributed by atoms with Crippen molar-refractivity contribution in [2.75, 3.05) is 13.7 Å². The largest absolute Gasteiger partial charge is 0.493 e. The van der Waals surface area contributed by atoms with Crippen LogP contribution < -0.4 is 4.74 Å². The molecule has 0 saturated heterocycles. The van der Waals surface area contributed by atoms with Gasteiger partial charge < -0.3 is 9.47 Å². The van der Waals surface area contributed by atoms with Crippen molar-refractivity contribution >= 4 is 18.1 Å². The van der Waals surface area contributed by atoms with E-state index in [1.165, 1.54) is 31.9 Å². The standard InChI is InChI=1S/C27H36O3/c1-20(2)7-6-8-21(3)17-18-30-26-19-22(4)9-13-24(26)14-10-23-11-15-25(16-12-23)27(28)29-5/h9-16,19-21H,6-8,17-18H2,1-5H3/b14-10+. The van der Waals surface area contributed by atoms with Crippen molar-refractivity contribution in [1.29, 1.82) is 0 Å². The molecular formula is C27H36O3. The second kappa shape index (κ2) is 12.2. The van der Waals surface area contributed by atoms with Gasteiger partial charge in [-0.25, -0.2) is 4.79 Å². The van der Waals surface area contributed by atoms with Crippen molar-refractivity contribution in [1.82, 2.24) is 0 Å². The minimum Gasteiger partial charge on any atom is -0.493 e. The highest BCUT2D eigenvalue weighted by molar-refractivity contribution is 5.89. The molecule has 0 spiro atoms. The molecule has 2 aromatic carbocycles. The van der Waals surface area contributed by atoms with Crippen molar-refractivity contribution < 1.29 is 14.3 Å². The van der Waals surface area contributed by atoms with Crippen molar-refractivity contribution in [3.05, 3.63) is 64.7 Å². The van der Waals surface area contributed by atoms with E-state index < -0.39 is 0 Å². The van der Waals surface area contributed by atoms with Gasteiger partial charge in [-0.15, -0.1) is 0 Å². The van der Waals surface area contributed by atoms with Crippen molar-refractivity contribution in [2.24, 2.45) is 11.8 Å². The molecule has 0 bridgehead atoms. The quantitative estimate of drug-likeness (QED) is 0.292. The van der Waals surface area contributed by atoms with Gasteiger partial charge in [-0.05, 0) is 54.5 Å². The lowest BCUT2D eigenvalue weighted by Gasteiger charge is -2.14. The number of carbonyl (C=O) groups is 1. The molecule has 0 aliphatic rings. The maximum Gasteiger partial charge on any atom is 0.337 e. The minimum absolute atomic E-state index is 0.321. The van der Waals surface area contributed by atoms with E-state index in [2.05, 4.69) is 52.0 Å². The summed E-state index contributed by atoms with van der Waals surface area (Å²) in [5.41, 5.74) is 3.82. The normalized spacial score (nSPS) is 12.3. The third-order valence-corrected chi connectivity index (χ3v) is 5.30. The molecule has 0 aliphatic heterocycles. The predicted octanol–water partition coefficient (Wildman–Crippen LogP) is 7.18. The van der Waals surface area contributed by atoms with Crippen LogP contribution in [0.2, 0.25) is 0 Å². The second-order valence-corrected chi connectivity index (χ2v) is 8.56. The first kappa shape index (κ1) is 23.7. The Balaban J connectivity index is 1.96. The molecule has 162 valence electrons. The Morgan fingerprint density at radius 2 is 1.70 bits per heavy atom. The predicted molar refractivity (Wildman–Crippen MR) is 126 cm³/mol. The van der Waals surface area contributed by atoms with E-state index in [9.17, 15) is 4.79 Å². The summed E-state index contributed by atoms with van der Waals surface area (Å²) in [6.07, 6.45) is 9.04. The van der Waals surface area contributed by atoms with Gasteiger partial charge in [0.25, 0.3) is 0 Å². The fourth-order valence-electron chi connectivity index (χ4n) is 3.33. The Hall–Kier alpha value is -2.55. The number of ether oxygens (including phenoxy) is 2. The van der Waals surface area contributed by atoms with E-state index in [1.807, 2.05) is 18.2 Å². The number of benzene rings is 2. The number of aryl methyl sites for hydroxylation is 1. The molecule has 0 amide bonds. The summed E-state index contributed by atoms with van der Waals surface area (Å²) in [5.74, 6) is 2.07. The van der Waals surface area contributed by atoms with Crippen LogP contribution in [-0.4, -0.2) is 19.7 Å². The number of rotatable bonds is 11. The van der Waals surface area contributed by atoms with Crippen LogP contribution >= 0.6 is 0 Å². The van der Waals surface area contributed by atoms with E-state index in [-0.39, 0.29) is 5.97 Å². The first-order valence-electron chi connectivity index (χ1n) is 11.0. The minimum atomic E-state index is -0.321. The molecule has 0 radical (unpaired) electrons. The van der Waals surface area contributed by atoms with E-state index in [1.54, 1.807) is 12.1 Å². The Kier molecular flexibility index (Phi) is 9.66. The van der Waals surface area contributed by atoms with E-state index in [4.69, 9.17) is 9.47 Å². The summed E-state index contributed by atoms with van der Waals surface area (Å²) in [6, 6.07) is 13.7. The zero-order valence-corrected chi connectivity index (χ0v) is 19.1. The molecule has 0 N–H and O–H groups in total. The maximum absolute atomic E-state index is 11.6. The summed E-state index contributed by atoms with van der Waals surface area (Å²) < 4.78 is 10.9. The molecule has 1 unspecified atom stereocenters. The summed E-state index contributed by atoms with van der Waals surface area (Å²) in [6.45, 7) is 9.71. The van der Waals surface area contributed by atoms with Gasteiger partial charge in [0.2, 0.25) is 0 Å². The Morgan fingerprint density at radius 1 is 0.967 bits per heavy atom. The Morgan fingerprint density at radius 3 is 2.37 bits per heavy atom. The third-order valence-electron chi connectivity index (χ3n) is 5.30. The summed E-state index contributed by atoms with van der Waals surface area (Å²) in [7, 11) is 1.39. The smallest absolute Gasteiger partial charge is 0.337 e. The van der Waals surface area contributed by atoms with Gasteiger partial charge in [0.1, 0.15) is 5.75 Å². The van der Waals surface area contributed by atoms with Crippen LogP contribution in [0.4, 0.5) is 0 Å². The third kappa shape index (κ3) is 8.06. The lowest BCUT2D eigenvalue weighted by atomic mass is 9.98. The Bertz CT molecular complexity index is 819. The fourth-order valence-corrected chi connectivity index (χ4v) is 3.33. The summed E-state index contributed by atoms with van der Waals surface area (Å²) in [4.78, 5) is 11.6. The van der Waals surface area contributed by atoms with Crippen LogP contribution in [0.5, 0.6) is 5.75 Å². The van der Waals surface area contributed by atoms with Gasteiger partial charge in [-0.2, -0.15) is 0 Å². The van der Waals surface area contributed by atoms with Gasteiger partial charge in [0.05, 0.1) is 19.3 Å². The van der Waals surface area contributed by atoms with E-state index >= 15 is 0 Å². The van der Waals surface area contributed by atoms with Crippen molar-refractivity contribution in [3.8, 4) is 5.75 Å². The lowest BCUT2D eigenvalue weighted by molar-refractivity contribution is 0.0600. The number of carbonyl (C=O) groups excluding carboxylic acids is 1. The highest BCUT2D eigenvalue weighted by Gasteiger charge is 2.07. The number of methoxy groups -OCH3 is 1. The molecule has 30 heavy (non-hydrogen) atoms. The van der Waals surface area contributed by atoms with Crippen molar-refractivity contribution in [2.45, 2.75) is 53.4 Å². The summed E-state index contributed by atoms with van der Waals surface area (Å²) >= 11 is 0. The molecule has 3 heteroatoms. The first-order chi connectivity index (χ1) is 14.4. The van der Waals surface area contributed by atoms with Crippen LogP contribution in [0.1, 0.15) is 73.5 Å². The Labute approximate surface area is 182 Å².